The van der Waals surface area contributed by atoms with E-state index >= 15 is 0 Å². The van der Waals surface area contributed by atoms with Gasteiger partial charge in [-0.3, -0.25) is 0 Å². The SMILES string of the molecule is CC(C)C(CN)c1nc(-c2ccc(F)c(F)c2)no1. The summed E-state index contributed by atoms with van der Waals surface area (Å²) in [6, 6.07) is 3.47. The standard InChI is InChI=1S/C13H15F2N3O/c1-7(2)9(6-16)13-17-12(18-19-13)8-3-4-10(14)11(15)5-8/h3-5,7,9H,6,16H2,1-2H3. The van der Waals surface area contributed by atoms with Gasteiger partial charge >= 0.3 is 0 Å². The van der Waals surface area contributed by atoms with Crippen LogP contribution in [0.25, 0.3) is 11.4 Å². The maximum absolute atomic E-state index is 13.1. The number of benzene rings is 1. The Morgan fingerprint density at radius 1 is 1.26 bits per heavy atom. The van der Waals surface area contributed by atoms with E-state index in [-0.39, 0.29) is 17.7 Å². The maximum atomic E-state index is 13.1. The Kier molecular flexibility index (Phi) is 3.90. The Labute approximate surface area is 109 Å². The molecule has 4 nitrogen and oxygen atoms in total. The van der Waals surface area contributed by atoms with E-state index in [1.165, 1.54) is 6.07 Å². The number of hydrogen-bond acceptors (Lipinski definition) is 4. The van der Waals surface area contributed by atoms with E-state index in [0.29, 0.717) is 18.0 Å². The van der Waals surface area contributed by atoms with E-state index in [9.17, 15) is 8.78 Å². The lowest BCUT2D eigenvalue weighted by atomic mass is 9.96. The van der Waals surface area contributed by atoms with E-state index in [4.69, 9.17) is 10.3 Å². The normalized spacial score (nSPS) is 12.9. The highest BCUT2D eigenvalue weighted by atomic mass is 19.2. The van der Waals surface area contributed by atoms with Crippen molar-refractivity contribution < 1.29 is 13.3 Å². The van der Waals surface area contributed by atoms with Gasteiger partial charge in [-0.25, -0.2) is 8.78 Å². The topological polar surface area (TPSA) is 64.9 Å². The van der Waals surface area contributed by atoms with Gasteiger partial charge in [-0.1, -0.05) is 19.0 Å². The summed E-state index contributed by atoms with van der Waals surface area (Å²) in [4.78, 5) is 4.20. The number of rotatable bonds is 4. The molecule has 0 amide bonds. The van der Waals surface area contributed by atoms with Crippen molar-refractivity contribution in [1.29, 1.82) is 0 Å². The molecule has 2 rings (SSSR count). The van der Waals surface area contributed by atoms with E-state index in [1.54, 1.807) is 0 Å². The van der Waals surface area contributed by atoms with E-state index in [2.05, 4.69) is 10.1 Å². The molecule has 0 radical (unpaired) electrons. The molecule has 0 fully saturated rings. The lowest BCUT2D eigenvalue weighted by molar-refractivity contribution is 0.324. The summed E-state index contributed by atoms with van der Waals surface area (Å²) in [6.45, 7) is 4.38. The molecule has 19 heavy (non-hydrogen) atoms. The highest BCUT2D eigenvalue weighted by Gasteiger charge is 2.21. The summed E-state index contributed by atoms with van der Waals surface area (Å²) in [5, 5.41) is 3.78. The van der Waals surface area contributed by atoms with Crippen LogP contribution < -0.4 is 5.73 Å². The molecule has 1 aromatic carbocycles. The van der Waals surface area contributed by atoms with Gasteiger partial charge in [-0.15, -0.1) is 0 Å². The van der Waals surface area contributed by atoms with Gasteiger partial charge in [-0.05, 0) is 24.1 Å². The molecule has 6 heteroatoms. The van der Waals surface area contributed by atoms with Crippen LogP contribution in [0.3, 0.4) is 0 Å². The number of hydrogen-bond donors (Lipinski definition) is 1. The zero-order chi connectivity index (χ0) is 14.0. The van der Waals surface area contributed by atoms with Gasteiger partial charge in [0.05, 0.1) is 5.92 Å². The molecule has 0 aliphatic carbocycles. The van der Waals surface area contributed by atoms with Crippen molar-refractivity contribution in [1.82, 2.24) is 10.1 Å². The van der Waals surface area contributed by atoms with Crippen molar-refractivity contribution in [2.45, 2.75) is 19.8 Å². The molecule has 0 bridgehead atoms. The lowest BCUT2D eigenvalue weighted by Gasteiger charge is -2.13. The van der Waals surface area contributed by atoms with Crippen molar-refractivity contribution in [3.05, 3.63) is 35.7 Å². The summed E-state index contributed by atoms with van der Waals surface area (Å²) < 4.78 is 31.1. The number of halogens is 2. The first kappa shape index (κ1) is 13.6. The van der Waals surface area contributed by atoms with E-state index < -0.39 is 11.6 Å². The fourth-order valence-corrected chi connectivity index (χ4v) is 1.80. The Morgan fingerprint density at radius 2 is 2.00 bits per heavy atom. The van der Waals surface area contributed by atoms with Gasteiger partial charge in [0, 0.05) is 12.1 Å². The highest BCUT2D eigenvalue weighted by molar-refractivity contribution is 5.54. The number of nitrogens with zero attached hydrogens (tertiary/aromatic N) is 2. The van der Waals surface area contributed by atoms with Crippen LogP contribution >= 0.6 is 0 Å². The number of nitrogens with two attached hydrogens (primary N) is 1. The largest absolute Gasteiger partial charge is 0.339 e. The van der Waals surface area contributed by atoms with E-state index in [1.807, 2.05) is 13.8 Å². The van der Waals surface area contributed by atoms with Crippen LogP contribution in [-0.2, 0) is 0 Å². The molecule has 0 aliphatic rings. The second-order valence-electron chi connectivity index (χ2n) is 4.67. The minimum absolute atomic E-state index is 0.0495. The minimum atomic E-state index is -0.942. The number of aromatic nitrogens is 2. The predicted octanol–water partition coefficient (Wildman–Crippen LogP) is 2.71. The molecular weight excluding hydrogens is 252 g/mol. The molecule has 2 N–H and O–H groups in total. The lowest BCUT2D eigenvalue weighted by Crippen LogP contribution is -2.18. The van der Waals surface area contributed by atoms with Crippen molar-refractivity contribution >= 4 is 0 Å². The van der Waals surface area contributed by atoms with Crippen molar-refractivity contribution in [3.8, 4) is 11.4 Å². The van der Waals surface area contributed by atoms with Crippen LogP contribution in [0.15, 0.2) is 22.7 Å². The van der Waals surface area contributed by atoms with Gasteiger partial charge in [0.2, 0.25) is 11.7 Å². The summed E-state index contributed by atoms with van der Waals surface area (Å²) in [6.07, 6.45) is 0. The van der Waals surface area contributed by atoms with Crippen LogP contribution in [0.4, 0.5) is 8.78 Å². The van der Waals surface area contributed by atoms with Gasteiger partial charge in [-0.2, -0.15) is 4.98 Å². The van der Waals surface area contributed by atoms with Crippen LogP contribution in [0.1, 0.15) is 25.7 Å². The molecule has 0 saturated carbocycles. The Hall–Kier alpha value is -1.82. The molecule has 102 valence electrons. The molecule has 0 saturated heterocycles. The third kappa shape index (κ3) is 2.78. The zero-order valence-electron chi connectivity index (χ0n) is 10.7. The molecule has 1 unspecified atom stereocenters. The molecule has 1 heterocycles. The quantitative estimate of drug-likeness (QED) is 0.925. The minimum Gasteiger partial charge on any atom is -0.339 e. The second-order valence-corrected chi connectivity index (χ2v) is 4.67. The molecule has 1 aromatic heterocycles. The average Bonchev–Trinajstić information content (AvgIpc) is 2.82. The molecule has 1 atom stereocenters. The highest BCUT2D eigenvalue weighted by Crippen LogP contribution is 2.25. The monoisotopic (exact) mass is 267 g/mol. The van der Waals surface area contributed by atoms with Gasteiger partial charge in [0.15, 0.2) is 11.6 Å². The van der Waals surface area contributed by atoms with Crippen molar-refractivity contribution in [3.63, 3.8) is 0 Å². The molecular formula is C13H15F2N3O. The average molecular weight is 267 g/mol. The fourth-order valence-electron chi connectivity index (χ4n) is 1.80. The van der Waals surface area contributed by atoms with Crippen LogP contribution in [0, 0.1) is 17.6 Å². The molecule has 0 aliphatic heterocycles. The fraction of sp³-hybridized carbons (Fsp3) is 0.385. The molecule has 2 aromatic rings. The first-order valence-electron chi connectivity index (χ1n) is 6.02. The maximum Gasteiger partial charge on any atom is 0.231 e. The molecule has 0 spiro atoms. The summed E-state index contributed by atoms with van der Waals surface area (Å²) in [5.74, 6) is -1.00. The van der Waals surface area contributed by atoms with Crippen LogP contribution in [0.2, 0.25) is 0 Å². The van der Waals surface area contributed by atoms with Crippen molar-refractivity contribution in [2.75, 3.05) is 6.54 Å². The third-order valence-corrected chi connectivity index (χ3v) is 3.00. The van der Waals surface area contributed by atoms with Crippen LogP contribution in [-0.4, -0.2) is 16.7 Å². The first-order chi connectivity index (χ1) is 9.02. The Balaban J connectivity index is 2.32. The second kappa shape index (κ2) is 5.44. The summed E-state index contributed by atoms with van der Waals surface area (Å²) in [7, 11) is 0. The van der Waals surface area contributed by atoms with Crippen molar-refractivity contribution in [2.24, 2.45) is 11.7 Å². The van der Waals surface area contributed by atoms with Gasteiger partial charge in [0.25, 0.3) is 0 Å². The predicted molar refractivity (Wildman–Crippen MR) is 66.3 cm³/mol. The van der Waals surface area contributed by atoms with Crippen LogP contribution in [0.5, 0.6) is 0 Å². The Morgan fingerprint density at radius 3 is 2.58 bits per heavy atom. The Bertz CT molecular complexity index is 569. The van der Waals surface area contributed by atoms with Gasteiger partial charge < -0.3 is 10.3 Å². The zero-order valence-corrected chi connectivity index (χ0v) is 10.7. The summed E-state index contributed by atoms with van der Waals surface area (Å²) >= 11 is 0. The smallest absolute Gasteiger partial charge is 0.231 e. The first-order valence-corrected chi connectivity index (χ1v) is 6.02. The van der Waals surface area contributed by atoms with E-state index in [0.717, 1.165) is 12.1 Å². The summed E-state index contributed by atoms with van der Waals surface area (Å²) in [5.41, 5.74) is 6.03. The third-order valence-electron chi connectivity index (χ3n) is 3.00. The van der Waals surface area contributed by atoms with Gasteiger partial charge in [0.1, 0.15) is 0 Å².